The Balaban J connectivity index is 3.93. The minimum absolute atomic E-state index is 0.0302. The highest BCUT2D eigenvalue weighted by molar-refractivity contribution is 7.39. The third kappa shape index (κ3) is 7.76. The lowest BCUT2D eigenvalue weighted by Crippen LogP contribution is -2.22. The maximum atomic E-state index is 11.8. The molecule has 0 aliphatic heterocycles. The number of ether oxygens (including phenoxy) is 1. The molecule has 0 N–H and O–H groups in total. The Kier molecular flexibility index (Phi) is 11.0. The second kappa shape index (κ2) is 11.0. The quantitative estimate of drug-likeness (QED) is 0.434. The molecule has 0 radical (unpaired) electrons. The van der Waals surface area contributed by atoms with Gasteiger partial charge in [0.05, 0.1) is 12.3 Å². The number of esters is 1. The average molecular weight is 260 g/mol. The smallest absolute Gasteiger partial charge is 0.313 e. The molecule has 0 spiro atoms. The first-order valence-electron chi connectivity index (χ1n) is 7.03. The van der Waals surface area contributed by atoms with Gasteiger partial charge in [0.2, 0.25) is 0 Å². The van der Waals surface area contributed by atoms with Gasteiger partial charge in [-0.05, 0) is 25.4 Å². The van der Waals surface area contributed by atoms with Gasteiger partial charge in [-0.15, -0.1) is 8.58 Å². The first kappa shape index (κ1) is 16.9. The Morgan fingerprint density at radius 1 is 1.18 bits per heavy atom. The van der Waals surface area contributed by atoms with Crippen LogP contribution in [0.5, 0.6) is 0 Å². The number of hydrogen-bond donors (Lipinski definition) is 0. The second-order valence-corrected chi connectivity index (χ2v) is 5.95. The molecule has 0 aliphatic rings. The van der Waals surface area contributed by atoms with Gasteiger partial charge in [0, 0.05) is 0 Å². The molecule has 0 aromatic carbocycles. The Bertz CT molecular complexity index is 195. The van der Waals surface area contributed by atoms with E-state index in [0.717, 1.165) is 19.3 Å². The van der Waals surface area contributed by atoms with E-state index in [0.29, 0.717) is 21.1 Å². The summed E-state index contributed by atoms with van der Waals surface area (Å²) in [7, 11) is 0.667. The van der Waals surface area contributed by atoms with Crippen molar-refractivity contribution < 1.29 is 9.53 Å². The van der Waals surface area contributed by atoms with Crippen molar-refractivity contribution in [3.63, 3.8) is 0 Å². The molecule has 102 valence electrons. The van der Waals surface area contributed by atoms with E-state index in [1.54, 1.807) is 0 Å². The summed E-state index contributed by atoms with van der Waals surface area (Å²) in [6, 6.07) is 0. The summed E-state index contributed by atoms with van der Waals surface area (Å²) < 4.78 is 5.47. The maximum absolute atomic E-state index is 11.8. The molecule has 0 saturated heterocycles. The molecule has 2 nitrogen and oxygen atoms in total. The molecule has 3 unspecified atom stereocenters. The minimum Gasteiger partial charge on any atom is -0.465 e. The van der Waals surface area contributed by atoms with Gasteiger partial charge < -0.3 is 4.74 Å². The lowest BCUT2D eigenvalue weighted by atomic mass is 10.0. The highest BCUT2D eigenvalue weighted by atomic mass is 31.1. The molecule has 0 bridgehead atoms. The molecule has 3 atom stereocenters. The molecule has 0 amide bonds. The number of rotatable bonds is 10. The Morgan fingerprint density at radius 3 is 2.35 bits per heavy atom. The van der Waals surface area contributed by atoms with Gasteiger partial charge in [-0.1, -0.05) is 46.5 Å². The molecule has 17 heavy (non-hydrogen) atoms. The van der Waals surface area contributed by atoms with E-state index >= 15 is 0 Å². The van der Waals surface area contributed by atoms with Gasteiger partial charge in [-0.2, -0.15) is 0 Å². The van der Waals surface area contributed by atoms with Crippen LogP contribution in [0.2, 0.25) is 0 Å². The second-order valence-electron chi connectivity index (χ2n) is 4.68. The van der Waals surface area contributed by atoms with Crippen molar-refractivity contribution in [3.8, 4) is 0 Å². The van der Waals surface area contributed by atoms with Crippen LogP contribution >= 0.6 is 8.58 Å². The zero-order chi connectivity index (χ0) is 13.1. The monoisotopic (exact) mass is 260 g/mol. The van der Waals surface area contributed by atoms with Crippen LogP contribution in [0, 0.1) is 5.92 Å². The van der Waals surface area contributed by atoms with Crippen LogP contribution in [0.4, 0.5) is 0 Å². The van der Waals surface area contributed by atoms with Gasteiger partial charge in [-0.3, -0.25) is 4.79 Å². The van der Waals surface area contributed by atoms with Crippen molar-refractivity contribution in [2.24, 2.45) is 5.92 Å². The van der Waals surface area contributed by atoms with E-state index in [4.69, 9.17) is 4.74 Å². The average Bonchev–Trinajstić information content (AvgIpc) is 2.35. The van der Waals surface area contributed by atoms with Gasteiger partial charge in [0.15, 0.2) is 0 Å². The zero-order valence-electron chi connectivity index (χ0n) is 11.9. The lowest BCUT2D eigenvalue weighted by molar-refractivity contribution is -0.144. The summed E-state index contributed by atoms with van der Waals surface area (Å²) >= 11 is 0. The fourth-order valence-corrected chi connectivity index (χ4v) is 2.76. The Morgan fingerprint density at radius 2 is 1.88 bits per heavy atom. The molecule has 3 heteroatoms. The molecule has 0 fully saturated rings. The predicted molar refractivity (Wildman–Crippen MR) is 77.2 cm³/mol. The van der Waals surface area contributed by atoms with Gasteiger partial charge in [0.25, 0.3) is 0 Å². The van der Waals surface area contributed by atoms with Crippen molar-refractivity contribution in [2.45, 2.75) is 65.0 Å². The van der Waals surface area contributed by atoms with E-state index in [9.17, 15) is 4.79 Å². The number of carbonyl (C=O) groups is 1. The van der Waals surface area contributed by atoms with Gasteiger partial charge >= 0.3 is 5.97 Å². The standard InChI is InChI=1S/C14H29O2P/c1-5-8-10-12(7-3)11-16-14(15)13(17-4)9-6-2/h12-13,17H,5-11H2,1-4H3. The van der Waals surface area contributed by atoms with E-state index in [2.05, 4.69) is 27.4 Å². The van der Waals surface area contributed by atoms with Crippen LogP contribution in [-0.2, 0) is 9.53 Å². The van der Waals surface area contributed by atoms with Crippen molar-refractivity contribution in [1.29, 1.82) is 0 Å². The van der Waals surface area contributed by atoms with Crippen molar-refractivity contribution in [2.75, 3.05) is 13.3 Å². The maximum Gasteiger partial charge on any atom is 0.313 e. The largest absolute Gasteiger partial charge is 0.465 e. The fraction of sp³-hybridized carbons (Fsp3) is 0.929. The van der Waals surface area contributed by atoms with Crippen LogP contribution in [-0.4, -0.2) is 24.9 Å². The van der Waals surface area contributed by atoms with Crippen LogP contribution in [0.3, 0.4) is 0 Å². The van der Waals surface area contributed by atoms with E-state index in [1.807, 2.05) is 0 Å². The van der Waals surface area contributed by atoms with Gasteiger partial charge in [0.1, 0.15) is 0 Å². The third-order valence-corrected chi connectivity index (χ3v) is 4.44. The normalized spacial score (nSPS) is 15.1. The first-order chi connectivity index (χ1) is 8.19. The van der Waals surface area contributed by atoms with Crippen LogP contribution in [0.1, 0.15) is 59.3 Å². The van der Waals surface area contributed by atoms with Crippen molar-refractivity contribution >= 4 is 14.6 Å². The van der Waals surface area contributed by atoms with Crippen LogP contribution < -0.4 is 0 Å². The van der Waals surface area contributed by atoms with Crippen LogP contribution in [0.15, 0.2) is 0 Å². The molecule has 0 aromatic heterocycles. The molecule has 0 heterocycles. The molecule has 0 saturated carbocycles. The SMILES string of the molecule is CCCCC(CC)COC(=O)C(CCC)PC. The summed E-state index contributed by atoms with van der Waals surface area (Å²) in [5, 5.41) is 0. The zero-order valence-corrected chi connectivity index (χ0v) is 12.9. The highest BCUT2D eigenvalue weighted by Gasteiger charge is 2.18. The third-order valence-electron chi connectivity index (χ3n) is 3.21. The molecular weight excluding hydrogens is 231 g/mol. The summed E-state index contributed by atoms with van der Waals surface area (Å²) in [6.07, 6.45) is 6.80. The van der Waals surface area contributed by atoms with E-state index < -0.39 is 0 Å². The lowest BCUT2D eigenvalue weighted by Gasteiger charge is -2.18. The first-order valence-corrected chi connectivity index (χ1v) is 8.61. The topological polar surface area (TPSA) is 26.3 Å². The number of unbranched alkanes of at least 4 members (excludes halogenated alkanes) is 1. The summed E-state index contributed by atoms with van der Waals surface area (Å²) in [5.41, 5.74) is 0.142. The molecular formula is C14H29O2P. The van der Waals surface area contributed by atoms with Crippen molar-refractivity contribution in [1.82, 2.24) is 0 Å². The van der Waals surface area contributed by atoms with E-state index in [-0.39, 0.29) is 11.6 Å². The van der Waals surface area contributed by atoms with Crippen molar-refractivity contribution in [3.05, 3.63) is 0 Å². The van der Waals surface area contributed by atoms with E-state index in [1.165, 1.54) is 19.3 Å². The van der Waals surface area contributed by atoms with Gasteiger partial charge in [-0.25, -0.2) is 0 Å². The fourth-order valence-electron chi connectivity index (χ4n) is 1.87. The molecule has 0 aromatic rings. The molecule has 0 rings (SSSR count). The molecule has 0 aliphatic carbocycles. The number of carbonyl (C=O) groups excluding carboxylic acids is 1. The predicted octanol–water partition coefficient (Wildman–Crippen LogP) is 4.22. The Hall–Kier alpha value is -0.100. The van der Waals surface area contributed by atoms with Crippen LogP contribution in [0.25, 0.3) is 0 Å². The summed E-state index contributed by atoms with van der Waals surface area (Å²) in [5.74, 6) is 0.587. The highest BCUT2D eigenvalue weighted by Crippen LogP contribution is 2.21. The number of hydrogen-bond acceptors (Lipinski definition) is 2. The minimum atomic E-state index is 0.0302. The summed E-state index contributed by atoms with van der Waals surface area (Å²) in [6.45, 7) is 9.22. The summed E-state index contributed by atoms with van der Waals surface area (Å²) in [4.78, 5) is 11.8. The Labute approximate surface area is 109 Å².